The van der Waals surface area contributed by atoms with Gasteiger partial charge in [0.1, 0.15) is 11.5 Å². The van der Waals surface area contributed by atoms with Crippen molar-refractivity contribution in [1.29, 1.82) is 0 Å². The van der Waals surface area contributed by atoms with Crippen LogP contribution in [-0.4, -0.2) is 32.3 Å². The molecule has 0 bridgehead atoms. The molecule has 0 aliphatic heterocycles. The predicted molar refractivity (Wildman–Crippen MR) is 77.5 cm³/mol. The van der Waals surface area contributed by atoms with Crippen molar-refractivity contribution in [2.24, 2.45) is 4.99 Å². The van der Waals surface area contributed by atoms with Crippen LogP contribution >= 0.6 is 0 Å². The number of furan rings is 1. The quantitative estimate of drug-likeness (QED) is 0.450. The van der Waals surface area contributed by atoms with Gasteiger partial charge in [0, 0.05) is 25.3 Å². The van der Waals surface area contributed by atoms with Gasteiger partial charge in [-0.2, -0.15) is 0 Å². The van der Waals surface area contributed by atoms with E-state index in [1.54, 1.807) is 0 Å². The lowest BCUT2D eigenvalue weighted by Crippen LogP contribution is -2.39. The fourth-order valence-electron chi connectivity index (χ4n) is 1.73. The Labute approximate surface area is 115 Å². The molecule has 19 heavy (non-hydrogen) atoms. The van der Waals surface area contributed by atoms with E-state index in [4.69, 9.17) is 9.15 Å². The Hall–Kier alpha value is -1.49. The van der Waals surface area contributed by atoms with Crippen LogP contribution in [0.1, 0.15) is 30.9 Å². The van der Waals surface area contributed by atoms with Gasteiger partial charge < -0.3 is 19.8 Å². The zero-order valence-corrected chi connectivity index (χ0v) is 12.4. The average molecular weight is 267 g/mol. The summed E-state index contributed by atoms with van der Waals surface area (Å²) >= 11 is 0. The van der Waals surface area contributed by atoms with Crippen LogP contribution in [0.5, 0.6) is 0 Å². The number of ether oxygens (including phenoxy) is 1. The SMILES string of the molecule is CCNC(=NCc1cc(C)oc1C)NCCOCC. The molecule has 1 aromatic rings. The highest BCUT2D eigenvalue weighted by atomic mass is 16.5. The van der Waals surface area contributed by atoms with Crippen molar-refractivity contribution in [2.45, 2.75) is 34.2 Å². The molecule has 0 radical (unpaired) electrons. The summed E-state index contributed by atoms with van der Waals surface area (Å²) in [6.45, 7) is 11.6. The highest BCUT2D eigenvalue weighted by molar-refractivity contribution is 5.79. The van der Waals surface area contributed by atoms with Crippen LogP contribution in [0.4, 0.5) is 0 Å². The largest absolute Gasteiger partial charge is 0.466 e. The highest BCUT2D eigenvalue weighted by Gasteiger charge is 2.04. The number of aliphatic imine (C=N–C) groups is 1. The number of nitrogens with zero attached hydrogens (tertiary/aromatic N) is 1. The van der Waals surface area contributed by atoms with Crippen LogP contribution in [0.25, 0.3) is 0 Å². The van der Waals surface area contributed by atoms with Crippen molar-refractivity contribution in [3.63, 3.8) is 0 Å². The predicted octanol–water partition coefficient (Wildman–Crippen LogP) is 1.99. The first kappa shape index (κ1) is 15.6. The molecule has 2 N–H and O–H groups in total. The van der Waals surface area contributed by atoms with E-state index in [0.29, 0.717) is 13.2 Å². The molecule has 0 amide bonds. The molecule has 108 valence electrons. The summed E-state index contributed by atoms with van der Waals surface area (Å²) in [6, 6.07) is 2.03. The van der Waals surface area contributed by atoms with Gasteiger partial charge in [-0.25, -0.2) is 4.99 Å². The summed E-state index contributed by atoms with van der Waals surface area (Å²) in [5.74, 6) is 2.67. The zero-order chi connectivity index (χ0) is 14.1. The third-order valence-corrected chi connectivity index (χ3v) is 2.64. The second-order valence-corrected chi connectivity index (χ2v) is 4.26. The number of hydrogen-bond donors (Lipinski definition) is 2. The first-order chi connectivity index (χ1) is 9.17. The minimum Gasteiger partial charge on any atom is -0.466 e. The maximum absolute atomic E-state index is 5.49. The Kier molecular flexibility index (Phi) is 7.03. The van der Waals surface area contributed by atoms with Crippen molar-refractivity contribution in [1.82, 2.24) is 10.6 Å². The minimum atomic E-state index is 0.618. The van der Waals surface area contributed by atoms with Crippen LogP contribution in [0, 0.1) is 13.8 Å². The molecule has 1 heterocycles. The number of guanidine groups is 1. The first-order valence-electron chi connectivity index (χ1n) is 6.83. The van der Waals surface area contributed by atoms with Crippen LogP contribution in [0.3, 0.4) is 0 Å². The third kappa shape index (κ3) is 5.79. The molecule has 0 aliphatic carbocycles. The Morgan fingerprint density at radius 1 is 1.32 bits per heavy atom. The molecule has 0 unspecified atom stereocenters. The molecule has 0 saturated heterocycles. The topological polar surface area (TPSA) is 58.8 Å². The van der Waals surface area contributed by atoms with Crippen LogP contribution in [0.2, 0.25) is 0 Å². The standard InChI is InChI=1S/C14H25N3O2/c1-5-15-14(16-7-8-18-6-2)17-10-13-9-11(3)19-12(13)4/h9H,5-8,10H2,1-4H3,(H2,15,16,17). The van der Waals surface area contributed by atoms with Crippen LogP contribution in [0.15, 0.2) is 15.5 Å². The van der Waals surface area contributed by atoms with Crippen LogP contribution < -0.4 is 10.6 Å². The van der Waals surface area contributed by atoms with E-state index in [2.05, 4.69) is 15.6 Å². The maximum atomic E-state index is 5.49. The van der Waals surface area contributed by atoms with Gasteiger partial charge in [0.25, 0.3) is 0 Å². The lowest BCUT2D eigenvalue weighted by molar-refractivity contribution is 0.152. The van der Waals surface area contributed by atoms with E-state index in [9.17, 15) is 0 Å². The molecule has 1 rings (SSSR count). The molecule has 5 nitrogen and oxygen atoms in total. The molecular formula is C14H25N3O2. The lowest BCUT2D eigenvalue weighted by atomic mass is 10.2. The second-order valence-electron chi connectivity index (χ2n) is 4.26. The van der Waals surface area contributed by atoms with Gasteiger partial charge in [0.05, 0.1) is 13.2 Å². The molecule has 0 spiro atoms. The van der Waals surface area contributed by atoms with E-state index in [1.807, 2.05) is 33.8 Å². The number of hydrogen-bond acceptors (Lipinski definition) is 3. The van der Waals surface area contributed by atoms with Crippen molar-refractivity contribution >= 4 is 5.96 Å². The smallest absolute Gasteiger partial charge is 0.191 e. The molecule has 0 atom stereocenters. The summed E-state index contributed by atoms with van der Waals surface area (Å²) < 4.78 is 10.8. The molecule has 0 aliphatic rings. The molecule has 0 fully saturated rings. The summed E-state index contributed by atoms with van der Waals surface area (Å²) in [4.78, 5) is 4.53. The van der Waals surface area contributed by atoms with Crippen molar-refractivity contribution in [2.75, 3.05) is 26.3 Å². The van der Waals surface area contributed by atoms with Gasteiger partial charge in [0.2, 0.25) is 0 Å². The van der Waals surface area contributed by atoms with E-state index in [0.717, 1.165) is 42.7 Å². The van der Waals surface area contributed by atoms with Crippen LogP contribution in [-0.2, 0) is 11.3 Å². The fourth-order valence-corrected chi connectivity index (χ4v) is 1.73. The molecule has 0 aromatic carbocycles. The summed E-state index contributed by atoms with van der Waals surface area (Å²) in [5, 5.41) is 6.44. The molecule has 0 saturated carbocycles. The van der Waals surface area contributed by atoms with Gasteiger partial charge >= 0.3 is 0 Å². The Morgan fingerprint density at radius 2 is 2.11 bits per heavy atom. The minimum absolute atomic E-state index is 0.618. The Morgan fingerprint density at radius 3 is 2.68 bits per heavy atom. The summed E-state index contributed by atoms with van der Waals surface area (Å²) in [6.07, 6.45) is 0. The fraction of sp³-hybridized carbons (Fsp3) is 0.643. The van der Waals surface area contributed by atoms with Gasteiger partial charge in [-0.05, 0) is 33.8 Å². The van der Waals surface area contributed by atoms with Gasteiger partial charge in [-0.1, -0.05) is 0 Å². The molecule has 1 aromatic heterocycles. The summed E-state index contributed by atoms with van der Waals surface area (Å²) in [5.41, 5.74) is 1.12. The van der Waals surface area contributed by atoms with Crippen molar-refractivity contribution in [3.05, 3.63) is 23.2 Å². The van der Waals surface area contributed by atoms with Crippen molar-refractivity contribution in [3.8, 4) is 0 Å². The zero-order valence-electron chi connectivity index (χ0n) is 12.4. The third-order valence-electron chi connectivity index (χ3n) is 2.64. The second kappa shape index (κ2) is 8.58. The number of nitrogens with one attached hydrogen (secondary N) is 2. The lowest BCUT2D eigenvalue weighted by Gasteiger charge is -2.10. The van der Waals surface area contributed by atoms with E-state index < -0.39 is 0 Å². The van der Waals surface area contributed by atoms with Gasteiger partial charge in [0.15, 0.2) is 5.96 Å². The average Bonchev–Trinajstić information content (AvgIpc) is 2.70. The van der Waals surface area contributed by atoms with E-state index >= 15 is 0 Å². The highest BCUT2D eigenvalue weighted by Crippen LogP contribution is 2.14. The monoisotopic (exact) mass is 267 g/mol. The van der Waals surface area contributed by atoms with E-state index in [1.165, 1.54) is 0 Å². The van der Waals surface area contributed by atoms with Gasteiger partial charge in [-0.15, -0.1) is 0 Å². The molecule has 5 heteroatoms. The first-order valence-corrected chi connectivity index (χ1v) is 6.83. The maximum Gasteiger partial charge on any atom is 0.191 e. The summed E-state index contributed by atoms with van der Waals surface area (Å²) in [7, 11) is 0. The van der Waals surface area contributed by atoms with E-state index in [-0.39, 0.29) is 0 Å². The number of rotatable bonds is 7. The van der Waals surface area contributed by atoms with Gasteiger partial charge in [-0.3, -0.25) is 0 Å². The number of aryl methyl sites for hydroxylation is 2. The Balaban J connectivity index is 2.50. The Bertz CT molecular complexity index is 399. The molecular weight excluding hydrogens is 242 g/mol. The van der Waals surface area contributed by atoms with Crippen molar-refractivity contribution < 1.29 is 9.15 Å². The normalized spacial score (nSPS) is 11.7.